The molecular formula is C33H35FN6O2. The van der Waals surface area contributed by atoms with E-state index in [1.165, 1.54) is 6.07 Å². The number of nitrogens with zero attached hydrogens (tertiary/aromatic N) is 5. The molecule has 1 aromatic heterocycles. The van der Waals surface area contributed by atoms with Crippen LogP contribution in [0.5, 0.6) is 0 Å². The number of anilines is 3. The summed E-state index contributed by atoms with van der Waals surface area (Å²) in [5.41, 5.74) is 11.7. The highest BCUT2D eigenvalue weighted by molar-refractivity contribution is 6.09. The Morgan fingerprint density at radius 3 is 2.50 bits per heavy atom. The van der Waals surface area contributed by atoms with E-state index in [1.807, 2.05) is 6.07 Å². The molecule has 1 saturated carbocycles. The summed E-state index contributed by atoms with van der Waals surface area (Å²) in [5, 5.41) is 10.5. The summed E-state index contributed by atoms with van der Waals surface area (Å²) < 4.78 is 15.2. The number of nitrogen functional groups attached to an aromatic ring is 1. The molecule has 0 bridgehead atoms. The molecule has 9 heteroatoms. The van der Waals surface area contributed by atoms with Crippen molar-refractivity contribution in [1.29, 1.82) is 0 Å². The summed E-state index contributed by atoms with van der Waals surface area (Å²) in [6, 6.07) is 17.1. The van der Waals surface area contributed by atoms with Crippen LogP contribution in [0, 0.1) is 5.82 Å². The number of nitrogens with two attached hydrogens (primary N) is 1. The van der Waals surface area contributed by atoms with Crippen LogP contribution in [0.3, 0.4) is 0 Å². The molecule has 42 heavy (non-hydrogen) atoms. The first-order chi connectivity index (χ1) is 20.4. The largest absolute Gasteiger partial charge is 0.392 e. The topological polar surface area (TPSA) is 108 Å². The lowest BCUT2D eigenvalue weighted by molar-refractivity contribution is 0.0976. The van der Waals surface area contributed by atoms with Crippen molar-refractivity contribution in [3.8, 4) is 11.4 Å². The van der Waals surface area contributed by atoms with Gasteiger partial charge in [-0.2, -0.15) is 9.97 Å². The van der Waals surface area contributed by atoms with Gasteiger partial charge in [-0.15, -0.1) is 0 Å². The first kappa shape index (κ1) is 27.8. The molecule has 6 rings (SSSR count). The van der Waals surface area contributed by atoms with E-state index in [1.54, 1.807) is 23.1 Å². The Labute approximate surface area is 245 Å². The van der Waals surface area contributed by atoms with Crippen LogP contribution < -0.4 is 15.5 Å². The number of aliphatic hydroxyl groups is 1. The number of carbonyl (C=O) groups excluding carboxylic acids is 1. The number of halogens is 1. The number of rotatable bonds is 9. The van der Waals surface area contributed by atoms with E-state index in [9.17, 15) is 9.90 Å². The minimum atomic E-state index is -0.481. The lowest BCUT2D eigenvalue weighted by Crippen LogP contribution is -2.39. The predicted molar refractivity (Wildman–Crippen MR) is 162 cm³/mol. The third-order valence-electron chi connectivity index (χ3n) is 8.27. The van der Waals surface area contributed by atoms with Crippen LogP contribution in [0.15, 0.2) is 54.6 Å². The molecule has 1 aliphatic heterocycles. The summed E-state index contributed by atoms with van der Waals surface area (Å²) in [6.45, 7) is 6.14. The zero-order chi connectivity index (χ0) is 29.4. The summed E-state index contributed by atoms with van der Waals surface area (Å²) in [4.78, 5) is 30.9. The molecule has 1 fully saturated rings. The highest BCUT2D eigenvalue weighted by atomic mass is 19.1. The zero-order valence-corrected chi connectivity index (χ0v) is 24.0. The van der Waals surface area contributed by atoms with Gasteiger partial charge in [0, 0.05) is 42.9 Å². The summed E-state index contributed by atoms with van der Waals surface area (Å²) >= 11 is 0. The molecule has 2 aliphatic rings. The van der Waals surface area contributed by atoms with Crippen molar-refractivity contribution in [3.63, 3.8) is 0 Å². The molecular weight excluding hydrogens is 531 g/mol. The standard InChI is InChI=1S/C33H35FN6O2/c1-3-39(4-2)24-12-8-20(9-13-24)16-29-36-31(38-33(35)37-29)25-6-5-7-28(26(25)19-41)40-15-14-22-17-23(21-10-11-21)18-27(34)30(22)32(40)42/h5-9,12-13,17-18,21,41H,3-4,10-11,14-16,19H2,1-2H3,(H2,35,36,37,38). The maximum absolute atomic E-state index is 15.2. The van der Waals surface area contributed by atoms with Crippen LogP contribution in [-0.4, -0.2) is 45.6 Å². The Balaban J connectivity index is 1.30. The molecule has 0 spiro atoms. The second-order valence-corrected chi connectivity index (χ2v) is 10.9. The quantitative estimate of drug-likeness (QED) is 0.284. The highest BCUT2D eigenvalue weighted by Gasteiger charge is 2.33. The first-order valence-corrected chi connectivity index (χ1v) is 14.6. The molecule has 4 aromatic rings. The summed E-state index contributed by atoms with van der Waals surface area (Å²) in [6.07, 6.45) is 3.12. The van der Waals surface area contributed by atoms with E-state index in [2.05, 4.69) is 53.0 Å². The van der Waals surface area contributed by atoms with Gasteiger partial charge < -0.3 is 20.6 Å². The van der Waals surface area contributed by atoms with Crippen molar-refractivity contribution in [2.24, 2.45) is 0 Å². The molecule has 0 saturated heterocycles. The van der Waals surface area contributed by atoms with Crippen molar-refractivity contribution < 1.29 is 14.3 Å². The van der Waals surface area contributed by atoms with E-state index < -0.39 is 11.7 Å². The third kappa shape index (κ3) is 5.32. The second-order valence-electron chi connectivity index (χ2n) is 10.9. The number of carbonyl (C=O) groups is 1. The Morgan fingerprint density at radius 1 is 1.05 bits per heavy atom. The van der Waals surface area contributed by atoms with E-state index in [4.69, 9.17) is 10.7 Å². The van der Waals surface area contributed by atoms with Crippen molar-refractivity contribution in [2.75, 3.05) is 35.2 Å². The third-order valence-corrected chi connectivity index (χ3v) is 8.27. The number of benzene rings is 3. The SMILES string of the molecule is CCN(CC)c1ccc(Cc2nc(N)nc(-c3cccc(N4CCc5cc(C6CC6)cc(F)c5C4=O)c3CO)n2)cc1. The van der Waals surface area contributed by atoms with Gasteiger partial charge in [0.2, 0.25) is 5.95 Å². The van der Waals surface area contributed by atoms with Gasteiger partial charge in [0.1, 0.15) is 11.6 Å². The number of aromatic nitrogens is 3. The van der Waals surface area contributed by atoms with Crippen molar-refractivity contribution >= 4 is 23.2 Å². The van der Waals surface area contributed by atoms with Gasteiger partial charge >= 0.3 is 0 Å². The fourth-order valence-electron chi connectivity index (χ4n) is 5.91. The van der Waals surface area contributed by atoms with Crippen molar-refractivity contribution in [2.45, 2.75) is 52.1 Å². The fraction of sp³-hybridized carbons (Fsp3) is 0.333. The molecule has 3 aromatic carbocycles. The van der Waals surface area contributed by atoms with Gasteiger partial charge in [-0.05, 0) is 80.0 Å². The molecule has 8 nitrogen and oxygen atoms in total. The Hall–Kier alpha value is -4.37. The van der Waals surface area contributed by atoms with Crippen molar-refractivity contribution in [3.05, 3.63) is 94.1 Å². The van der Waals surface area contributed by atoms with E-state index >= 15 is 4.39 Å². The predicted octanol–water partition coefficient (Wildman–Crippen LogP) is 5.27. The Kier molecular flexibility index (Phi) is 7.60. The molecule has 1 aliphatic carbocycles. The number of amides is 1. The monoisotopic (exact) mass is 566 g/mol. The van der Waals surface area contributed by atoms with Gasteiger partial charge in [0.25, 0.3) is 5.91 Å². The normalized spacial score (nSPS) is 14.7. The lowest BCUT2D eigenvalue weighted by atomic mass is 9.93. The van der Waals surface area contributed by atoms with Crippen LogP contribution >= 0.6 is 0 Å². The molecule has 0 radical (unpaired) electrons. The van der Waals surface area contributed by atoms with Gasteiger partial charge in [0.15, 0.2) is 5.82 Å². The highest BCUT2D eigenvalue weighted by Crippen LogP contribution is 2.42. The molecule has 0 unspecified atom stereocenters. The second kappa shape index (κ2) is 11.5. The van der Waals surface area contributed by atoms with Crippen LogP contribution in [0.2, 0.25) is 0 Å². The lowest BCUT2D eigenvalue weighted by Gasteiger charge is -2.31. The van der Waals surface area contributed by atoms with E-state index in [0.717, 1.165) is 48.3 Å². The zero-order valence-electron chi connectivity index (χ0n) is 24.0. The Bertz CT molecular complexity index is 1630. The number of hydrogen-bond acceptors (Lipinski definition) is 7. The van der Waals surface area contributed by atoms with Crippen LogP contribution in [0.1, 0.15) is 71.0 Å². The molecule has 2 heterocycles. The van der Waals surface area contributed by atoms with Gasteiger partial charge in [-0.1, -0.05) is 30.3 Å². The number of fused-ring (bicyclic) bond motifs is 1. The minimum Gasteiger partial charge on any atom is -0.392 e. The average molecular weight is 567 g/mol. The molecule has 216 valence electrons. The van der Waals surface area contributed by atoms with Gasteiger partial charge in [-0.3, -0.25) is 4.79 Å². The molecule has 1 amide bonds. The number of hydrogen-bond donors (Lipinski definition) is 2. The van der Waals surface area contributed by atoms with E-state index in [0.29, 0.717) is 53.8 Å². The maximum Gasteiger partial charge on any atom is 0.261 e. The molecule has 0 atom stereocenters. The van der Waals surface area contributed by atoms with Gasteiger partial charge in [-0.25, -0.2) is 9.37 Å². The van der Waals surface area contributed by atoms with E-state index in [-0.39, 0.29) is 18.1 Å². The van der Waals surface area contributed by atoms with Crippen molar-refractivity contribution in [1.82, 2.24) is 15.0 Å². The minimum absolute atomic E-state index is 0.0700. The maximum atomic E-state index is 15.2. The van der Waals surface area contributed by atoms with Crippen LogP contribution in [0.4, 0.5) is 21.7 Å². The Morgan fingerprint density at radius 2 is 1.81 bits per heavy atom. The fourth-order valence-corrected chi connectivity index (χ4v) is 5.91. The first-order valence-electron chi connectivity index (χ1n) is 14.6. The van der Waals surface area contributed by atoms with Gasteiger partial charge in [0.05, 0.1) is 17.9 Å². The molecule has 3 N–H and O–H groups in total. The average Bonchev–Trinajstić information content (AvgIpc) is 3.84. The smallest absolute Gasteiger partial charge is 0.261 e. The van der Waals surface area contributed by atoms with Crippen LogP contribution in [-0.2, 0) is 19.4 Å². The summed E-state index contributed by atoms with van der Waals surface area (Å²) in [5.74, 6) is 0.394. The summed E-state index contributed by atoms with van der Waals surface area (Å²) in [7, 11) is 0. The van der Waals surface area contributed by atoms with Crippen LogP contribution in [0.25, 0.3) is 11.4 Å². The number of aliphatic hydroxyl groups excluding tert-OH is 1.